The third-order valence-electron chi connectivity index (χ3n) is 6.69. The number of aryl methyl sites for hydroxylation is 2. The summed E-state index contributed by atoms with van der Waals surface area (Å²) >= 11 is 0. The van der Waals surface area contributed by atoms with E-state index in [-0.39, 0.29) is 25.7 Å². The molecule has 4 aromatic rings. The van der Waals surface area contributed by atoms with E-state index in [4.69, 9.17) is 18.5 Å². The summed E-state index contributed by atoms with van der Waals surface area (Å²) < 4.78 is 101. The largest absolute Gasteiger partial charge is 0.457 e. The Balaban J connectivity index is 1.29. The van der Waals surface area contributed by atoms with Crippen LogP contribution < -0.4 is 9.47 Å². The highest BCUT2D eigenvalue weighted by molar-refractivity contribution is 7.86. The number of hydrogen-bond donors (Lipinski definition) is 2. The van der Waals surface area contributed by atoms with Gasteiger partial charge in [-0.15, -0.1) is 0 Å². The van der Waals surface area contributed by atoms with Crippen LogP contribution in [0.5, 0.6) is 23.0 Å². The zero-order valence-corrected chi connectivity index (χ0v) is 27.3. The SMILES string of the molecule is O=[PH](OC(CCCc1cccc(Oc2ccccc2)c1)S(=O)(=O)O)OC(CCCc1cccc(Oc2ccccc2)c1)S(=O)(=O)O. The van der Waals surface area contributed by atoms with E-state index in [1.165, 1.54) is 0 Å². The maximum Gasteiger partial charge on any atom is 0.321 e. The second kappa shape index (κ2) is 16.8. The Hall–Kier alpha value is -3.55. The molecule has 2 unspecified atom stereocenters. The van der Waals surface area contributed by atoms with Crippen LogP contribution in [0, 0.1) is 0 Å². The Bertz CT molecular complexity index is 1650. The molecule has 0 aliphatic carbocycles. The topological polar surface area (TPSA) is 163 Å². The molecule has 0 bridgehead atoms. The number of ether oxygens (including phenoxy) is 2. The molecule has 246 valence electrons. The maximum atomic E-state index is 12.6. The van der Waals surface area contributed by atoms with Crippen molar-refractivity contribution in [2.45, 2.75) is 49.4 Å². The fourth-order valence-electron chi connectivity index (χ4n) is 4.50. The van der Waals surface area contributed by atoms with Gasteiger partial charge in [-0.05, 0) is 98.2 Å². The molecule has 2 atom stereocenters. The van der Waals surface area contributed by atoms with Crippen molar-refractivity contribution in [3.63, 3.8) is 0 Å². The summed E-state index contributed by atoms with van der Waals surface area (Å²) in [5.74, 6) is 2.45. The van der Waals surface area contributed by atoms with Gasteiger partial charge in [-0.25, -0.2) is 0 Å². The lowest BCUT2D eigenvalue weighted by Crippen LogP contribution is -2.25. The van der Waals surface area contributed by atoms with Gasteiger partial charge in [0, 0.05) is 0 Å². The second-order valence-corrected chi connectivity index (χ2v) is 14.4. The quantitative estimate of drug-likeness (QED) is 0.0787. The molecule has 0 saturated heterocycles. The van der Waals surface area contributed by atoms with Crippen LogP contribution in [0.2, 0.25) is 0 Å². The number of benzene rings is 4. The van der Waals surface area contributed by atoms with Gasteiger partial charge in [0.25, 0.3) is 20.2 Å². The van der Waals surface area contributed by atoms with Gasteiger partial charge in [-0.1, -0.05) is 60.7 Å². The lowest BCUT2D eigenvalue weighted by Gasteiger charge is -2.18. The van der Waals surface area contributed by atoms with Gasteiger partial charge in [0.2, 0.25) is 0 Å². The molecule has 2 N–H and O–H groups in total. The van der Waals surface area contributed by atoms with Crippen molar-refractivity contribution < 1.29 is 49.0 Å². The molecule has 11 nitrogen and oxygen atoms in total. The molecule has 4 rings (SSSR count). The summed E-state index contributed by atoms with van der Waals surface area (Å²) in [6.07, 6.45) is 0.607. The molecule has 0 spiro atoms. The number of rotatable bonds is 18. The molecule has 4 aromatic carbocycles. The molecule has 0 aliphatic rings. The van der Waals surface area contributed by atoms with E-state index in [1.807, 2.05) is 48.5 Å². The van der Waals surface area contributed by atoms with E-state index in [0.717, 1.165) is 11.1 Å². The van der Waals surface area contributed by atoms with E-state index >= 15 is 0 Å². The van der Waals surface area contributed by atoms with Crippen LogP contribution >= 0.6 is 8.25 Å². The highest BCUT2D eigenvalue weighted by Gasteiger charge is 2.31. The van der Waals surface area contributed by atoms with Crippen LogP contribution in [0.15, 0.2) is 109 Å². The highest BCUT2D eigenvalue weighted by atomic mass is 32.2. The predicted molar refractivity (Wildman–Crippen MR) is 174 cm³/mol. The first kappa shape index (κ1) is 35.3. The number of para-hydroxylation sites is 2. The molecule has 0 saturated carbocycles. The fourth-order valence-corrected chi connectivity index (χ4v) is 7.60. The molecule has 0 amide bonds. The molecule has 14 heteroatoms. The van der Waals surface area contributed by atoms with Crippen molar-refractivity contribution >= 4 is 28.5 Å². The smallest absolute Gasteiger partial charge is 0.321 e. The number of hydrogen-bond acceptors (Lipinski definition) is 9. The molecule has 0 radical (unpaired) electrons. The summed E-state index contributed by atoms with van der Waals surface area (Å²) in [5, 5.41) is 0. The average Bonchev–Trinajstić information content (AvgIpc) is 3.00. The molecule has 0 fully saturated rings. The van der Waals surface area contributed by atoms with Crippen molar-refractivity contribution in [3.05, 3.63) is 120 Å². The van der Waals surface area contributed by atoms with E-state index < -0.39 is 39.4 Å². The molecule has 0 heterocycles. The van der Waals surface area contributed by atoms with Gasteiger partial charge in [0.1, 0.15) is 23.0 Å². The van der Waals surface area contributed by atoms with Gasteiger partial charge in [-0.2, -0.15) is 16.8 Å². The average molecular weight is 691 g/mol. The first-order valence-electron chi connectivity index (χ1n) is 14.4. The summed E-state index contributed by atoms with van der Waals surface area (Å²) in [6, 6.07) is 32.6. The van der Waals surface area contributed by atoms with Crippen molar-refractivity contribution in [1.82, 2.24) is 0 Å². The molecule has 46 heavy (non-hydrogen) atoms. The van der Waals surface area contributed by atoms with Crippen molar-refractivity contribution in [2.75, 3.05) is 0 Å². The standard InChI is InChI=1S/C32H35O11PS2/c33-44(42-31(45(34,35)36)21-9-13-25-11-7-19-29(23-25)40-27-15-3-1-4-16-27)43-32(46(37,38)39)22-10-14-26-12-8-20-30(24-26)41-28-17-5-2-6-18-28/h1-8,11-12,15-20,23-24,31-32,44H,9-10,13-14,21-22H2,(H,34,35,36)(H,37,38,39). The summed E-state index contributed by atoms with van der Waals surface area (Å²) in [5.41, 5.74) is -2.24. The fraction of sp³-hybridized carbons (Fsp3) is 0.250. The van der Waals surface area contributed by atoms with Crippen molar-refractivity contribution in [3.8, 4) is 23.0 Å². The highest BCUT2D eigenvalue weighted by Crippen LogP contribution is 2.34. The van der Waals surface area contributed by atoms with Crippen LogP contribution in [0.4, 0.5) is 0 Å². The van der Waals surface area contributed by atoms with E-state index in [0.29, 0.717) is 35.8 Å². The first-order chi connectivity index (χ1) is 22.0. The third-order valence-corrected chi connectivity index (χ3v) is 9.97. The minimum absolute atomic E-state index is 0.198. The van der Waals surface area contributed by atoms with Gasteiger partial charge in [0.05, 0.1) is 0 Å². The molecule has 0 aromatic heterocycles. The first-order valence-corrected chi connectivity index (χ1v) is 18.6. The van der Waals surface area contributed by atoms with Crippen molar-refractivity contribution in [1.29, 1.82) is 0 Å². The Morgan fingerprint density at radius 3 is 1.28 bits per heavy atom. The molecular formula is C32H35O11PS2. The van der Waals surface area contributed by atoms with Gasteiger partial charge in [0.15, 0.2) is 10.9 Å². The monoisotopic (exact) mass is 690 g/mol. The van der Waals surface area contributed by atoms with Crippen LogP contribution in [0.3, 0.4) is 0 Å². The van der Waals surface area contributed by atoms with Crippen LogP contribution in [-0.4, -0.2) is 36.8 Å². The maximum absolute atomic E-state index is 12.6. The normalized spacial score (nSPS) is 13.9. The minimum Gasteiger partial charge on any atom is -0.457 e. The lowest BCUT2D eigenvalue weighted by molar-refractivity contribution is 0.170. The van der Waals surface area contributed by atoms with E-state index in [9.17, 15) is 30.5 Å². The Morgan fingerprint density at radius 1 is 0.543 bits per heavy atom. The van der Waals surface area contributed by atoms with Crippen LogP contribution in [0.25, 0.3) is 0 Å². The van der Waals surface area contributed by atoms with E-state index in [1.54, 1.807) is 60.7 Å². The third kappa shape index (κ3) is 12.0. The Morgan fingerprint density at radius 2 is 0.913 bits per heavy atom. The molecule has 0 aliphatic heterocycles. The van der Waals surface area contributed by atoms with E-state index in [2.05, 4.69) is 0 Å². The second-order valence-electron chi connectivity index (χ2n) is 10.3. The van der Waals surface area contributed by atoms with Crippen LogP contribution in [-0.2, 0) is 46.7 Å². The zero-order chi connectivity index (χ0) is 33.0. The van der Waals surface area contributed by atoms with Gasteiger partial charge in [-0.3, -0.25) is 22.7 Å². The molecular weight excluding hydrogens is 655 g/mol. The summed E-state index contributed by atoms with van der Waals surface area (Å²) in [6.45, 7) is 0. The van der Waals surface area contributed by atoms with Crippen LogP contribution in [0.1, 0.15) is 36.8 Å². The minimum atomic E-state index is -4.84. The zero-order valence-electron chi connectivity index (χ0n) is 24.7. The van der Waals surface area contributed by atoms with Crippen molar-refractivity contribution in [2.24, 2.45) is 0 Å². The lowest BCUT2D eigenvalue weighted by atomic mass is 10.1. The predicted octanol–water partition coefficient (Wildman–Crippen LogP) is 7.47. The van der Waals surface area contributed by atoms with Gasteiger partial charge >= 0.3 is 8.25 Å². The Kier molecular flexibility index (Phi) is 12.9. The summed E-state index contributed by atoms with van der Waals surface area (Å²) in [4.78, 5) is 0. The Labute approximate surface area is 269 Å². The summed E-state index contributed by atoms with van der Waals surface area (Å²) in [7, 11) is -13.5. The van der Waals surface area contributed by atoms with Gasteiger partial charge < -0.3 is 9.47 Å².